The Morgan fingerprint density at radius 3 is 2.63 bits per heavy atom. The van der Waals surface area contributed by atoms with Crippen LogP contribution in [0, 0.1) is 5.92 Å². The molecule has 1 aliphatic carbocycles. The van der Waals surface area contributed by atoms with Crippen LogP contribution in [-0.2, 0) is 27.7 Å². The Balaban J connectivity index is 1.50. The van der Waals surface area contributed by atoms with Gasteiger partial charge < -0.3 is 9.30 Å². The van der Waals surface area contributed by atoms with E-state index in [9.17, 15) is 4.79 Å². The number of rotatable bonds is 3. The maximum Gasteiger partial charge on any atom is 0.283 e. The number of aromatic nitrogens is 1. The van der Waals surface area contributed by atoms with Crippen LogP contribution in [0.4, 0.5) is 4.39 Å². The van der Waals surface area contributed by atoms with Crippen LogP contribution in [-0.4, -0.2) is 70.0 Å². The average Bonchev–Trinajstić information content (AvgIpc) is 3.78. The van der Waals surface area contributed by atoms with Crippen molar-refractivity contribution >= 4 is 29.5 Å². The van der Waals surface area contributed by atoms with Gasteiger partial charge in [0.1, 0.15) is 11.9 Å². The molecule has 8 nitrogen and oxygen atoms in total. The number of fused-ring (bicyclic) bond motifs is 4. The zero-order chi connectivity index (χ0) is 28.4. The smallest absolute Gasteiger partial charge is 0.283 e. The van der Waals surface area contributed by atoms with E-state index in [1.165, 1.54) is 0 Å². The molecule has 4 heterocycles. The Morgan fingerprint density at radius 2 is 1.85 bits per heavy atom. The summed E-state index contributed by atoms with van der Waals surface area (Å²) in [5, 5.41) is 3.09. The monoisotopic (exact) mass is 580 g/mol. The average molecular weight is 581 g/mol. The summed E-state index contributed by atoms with van der Waals surface area (Å²) in [7, 11) is 3.93. The van der Waals surface area contributed by atoms with E-state index in [1.54, 1.807) is 0 Å². The van der Waals surface area contributed by atoms with E-state index < -0.39 is 18.5 Å². The quantitative estimate of drug-likeness (QED) is 0.256. The predicted octanol–water partition coefficient (Wildman–Crippen LogP) is 5.32. The van der Waals surface area contributed by atoms with Crippen LogP contribution in [0.1, 0.15) is 49.7 Å². The number of thiol groups is 1. The van der Waals surface area contributed by atoms with Gasteiger partial charge in [-0.15, -0.1) is 0 Å². The Labute approximate surface area is 245 Å². The lowest BCUT2D eigenvalue weighted by molar-refractivity contribution is -0.133. The fraction of sp³-hybridized carbons (Fsp3) is 0.516. The van der Waals surface area contributed by atoms with Crippen molar-refractivity contribution in [1.82, 2.24) is 18.9 Å². The number of hydrazine groups is 1. The maximum absolute atomic E-state index is 15.8. The third-order valence-corrected chi connectivity index (χ3v) is 10.1. The molecule has 0 N–H and O–H groups in total. The molecule has 0 radical (unpaired) electrons. The molecule has 3 aromatic rings. The van der Waals surface area contributed by atoms with Crippen molar-refractivity contribution in [3.8, 4) is 17.0 Å². The molecular weight excluding hydrogens is 543 g/mol. The lowest BCUT2D eigenvalue weighted by Gasteiger charge is -2.43. The number of benzene rings is 2. The molecule has 0 amide bonds. The van der Waals surface area contributed by atoms with Gasteiger partial charge in [-0.2, -0.15) is 14.2 Å². The molecule has 3 aliphatic heterocycles. The molecular formula is C31H37FN4O4S. The van der Waals surface area contributed by atoms with Gasteiger partial charge in [-0.3, -0.25) is 9.69 Å². The van der Waals surface area contributed by atoms with E-state index in [0.29, 0.717) is 26.1 Å². The molecule has 1 saturated carbocycles. The Morgan fingerprint density at radius 1 is 1.07 bits per heavy atom. The fourth-order valence-corrected chi connectivity index (χ4v) is 7.55. The van der Waals surface area contributed by atoms with Gasteiger partial charge in [0, 0.05) is 48.4 Å². The first-order valence-electron chi connectivity index (χ1n) is 14.6. The van der Waals surface area contributed by atoms with Crippen LogP contribution in [0.5, 0.6) is 5.75 Å². The molecule has 7 rings (SSSR count). The van der Waals surface area contributed by atoms with Crippen molar-refractivity contribution < 1.29 is 23.7 Å². The minimum Gasteiger partial charge on any atom is -0.492 e. The standard InChI is InChI=1S/C31H37FN4O4S/c1-18-33(2)28(30(37)31-39-40-31)20-16-35-25-14-19(15-36(41)34(18)3)12-13-22(25)27(21-8-4-6-10-24(21)32)29(35)23-9-5-7-11-26(23)38-17-20/h5,7,9,11-14,18,20-21,24,28,31,41H,4,6,8,10,15-17H2,1-3H3/t18?,20-,21-,24-,28?/m0/s1. The van der Waals surface area contributed by atoms with Gasteiger partial charge in [-0.05, 0) is 56.1 Å². The molecule has 4 aliphatic rings. The van der Waals surface area contributed by atoms with Crippen molar-refractivity contribution in [3.63, 3.8) is 0 Å². The third-order valence-electron chi connectivity index (χ3n) is 9.65. The fourth-order valence-electron chi connectivity index (χ4n) is 7.24. The number of para-hydroxylation sites is 1. The number of likely N-dealkylation sites (N-methyl/N-ethyl adjacent to an activating group) is 1. The predicted molar refractivity (Wildman–Crippen MR) is 157 cm³/mol. The normalized spacial score (nSPS) is 29.8. The summed E-state index contributed by atoms with van der Waals surface area (Å²) in [5.74, 6) is 0.181. The highest BCUT2D eigenvalue weighted by atomic mass is 32.1. The number of nitrogens with zero attached hydrogens (tertiary/aromatic N) is 4. The van der Waals surface area contributed by atoms with Crippen LogP contribution in [0.3, 0.4) is 0 Å². The van der Waals surface area contributed by atoms with Gasteiger partial charge in [-0.25, -0.2) is 9.40 Å². The number of carbonyl (C=O) groups is 1. The van der Waals surface area contributed by atoms with Crippen LogP contribution >= 0.6 is 12.8 Å². The van der Waals surface area contributed by atoms with Gasteiger partial charge in [0.15, 0.2) is 0 Å². The summed E-state index contributed by atoms with van der Waals surface area (Å²) in [4.78, 5) is 25.9. The molecule has 2 fully saturated rings. The number of halogens is 1. The highest BCUT2D eigenvalue weighted by Gasteiger charge is 2.47. The number of hydrogen-bond donors (Lipinski definition) is 1. The van der Waals surface area contributed by atoms with Gasteiger partial charge in [0.05, 0.1) is 24.5 Å². The number of Topliss-reactive ketones (excluding diaryl/α,β-unsaturated/α-hetero) is 1. The van der Waals surface area contributed by atoms with Gasteiger partial charge in [0.25, 0.3) is 6.29 Å². The zero-order valence-corrected chi connectivity index (χ0v) is 24.6. The molecule has 1 saturated heterocycles. The van der Waals surface area contributed by atoms with E-state index in [-0.39, 0.29) is 23.8 Å². The summed E-state index contributed by atoms with van der Waals surface area (Å²) in [6.45, 7) is 3.48. The number of carbonyl (C=O) groups excluding carboxylic acids is 1. The second-order valence-electron chi connectivity index (χ2n) is 12.0. The lowest BCUT2D eigenvalue weighted by Crippen LogP contribution is -2.57. The minimum atomic E-state index is -0.901. The van der Waals surface area contributed by atoms with Crippen LogP contribution < -0.4 is 4.74 Å². The number of ether oxygens (including phenoxy) is 1. The van der Waals surface area contributed by atoms with E-state index in [1.807, 2.05) is 41.7 Å². The third kappa shape index (κ3) is 4.69. The van der Waals surface area contributed by atoms with Crippen molar-refractivity contribution in [2.45, 2.75) is 76.3 Å². The first-order valence-corrected chi connectivity index (χ1v) is 15.0. The second kappa shape index (κ2) is 10.7. The summed E-state index contributed by atoms with van der Waals surface area (Å²) < 4.78 is 26.5. The molecule has 2 unspecified atom stereocenters. The Kier molecular flexibility index (Phi) is 7.12. The van der Waals surface area contributed by atoms with Gasteiger partial charge in [0.2, 0.25) is 5.78 Å². The number of alkyl halides is 1. The summed E-state index contributed by atoms with van der Waals surface area (Å²) in [6, 6.07) is 14.0. The SMILES string of the molecule is CC1N(C)C(C(=O)C2OO2)[C@@H]2COc3ccccc3-c3c([C@H]4CCCC[C@@H]4F)c4ccc(cc4n3C2)CN(S)N1C. The van der Waals surface area contributed by atoms with Crippen LogP contribution in [0.25, 0.3) is 22.2 Å². The molecule has 2 aromatic carbocycles. The molecule has 10 heteroatoms. The second-order valence-corrected chi connectivity index (χ2v) is 12.4. The first-order chi connectivity index (χ1) is 19.8. The van der Waals surface area contributed by atoms with Crippen molar-refractivity contribution in [2.24, 2.45) is 5.92 Å². The van der Waals surface area contributed by atoms with Gasteiger partial charge in [-0.1, -0.05) is 49.9 Å². The van der Waals surface area contributed by atoms with Crippen molar-refractivity contribution in [3.05, 3.63) is 53.6 Å². The molecule has 4 bridgehead atoms. The Hall–Kier alpha value is -2.47. The van der Waals surface area contributed by atoms with Crippen molar-refractivity contribution in [1.29, 1.82) is 0 Å². The molecule has 1 aromatic heterocycles. The van der Waals surface area contributed by atoms with E-state index in [4.69, 9.17) is 27.3 Å². The van der Waals surface area contributed by atoms with Crippen LogP contribution in [0.2, 0.25) is 0 Å². The summed E-state index contributed by atoms with van der Waals surface area (Å²) in [6.07, 6.45) is 1.37. The molecule has 5 atom stereocenters. The highest BCUT2D eigenvalue weighted by Crippen LogP contribution is 2.48. The lowest BCUT2D eigenvalue weighted by atomic mass is 9.80. The first kappa shape index (κ1) is 27.4. The van der Waals surface area contributed by atoms with Gasteiger partial charge >= 0.3 is 0 Å². The van der Waals surface area contributed by atoms with E-state index in [2.05, 4.69) is 40.7 Å². The number of ketones is 1. The number of hydrogen-bond acceptors (Lipinski definition) is 8. The van der Waals surface area contributed by atoms with Crippen LogP contribution in [0.15, 0.2) is 42.5 Å². The molecule has 0 spiro atoms. The van der Waals surface area contributed by atoms with Crippen molar-refractivity contribution in [2.75, 3.05) is 20.7 Å². The van der Waals surface area contributed by atoms with E-state index >= 15 is 4.39 Å². The summed E-state index contributed by atoms with van der Waals surface area (Å²) >= 11 is 4.83. The highest BCUT2D eigenvalue weighted by molar-refractivity contribution is 7.77. The van der Waals surface area contributed by atoms with E-state index in [0.717, 1.165) is 58.3 Å². The summed E-state index contributed by atoms with van der Waals surface area (Å²) in [5.41, 5.74) is 5.20. The topological polar surface area (TPSA) is 66.0 Å². The largest absolute Gasteiger partial charge is 0.492 e. The zero-order valence-electron chi connectivity index (χ0n) is 23.7. The minimum absolute atomic E-state index is 0.131. The molecule has 41 heavy (non-hydrogen) atoms. The Bertz CT molecular complexity index is 1480. The molecule has 218 valence electrons. The maximum atomic E-state index is 15.8.